The normalized spacial score (nSPS) is 25.8. The molecule has 1 aliphatic carbocycles. The third kappa shape index (κ3) is 6.78. The number of carbonyl (C=O) groups excluding carboxylic acids is 1. The molecule has 35 heavy (non-hydrogen) atoms. The zero-order valence-electron chi connectivity index (χ0n) is 20.2. The van der Waals surface area contributed by atoms with Gasteiger partial charge in [0.2, 0.25) is 5.91 Å². The molecule has 1 heterocycles. The Morgan fingerprint density at radius 2 is 1.71 bits per heavy atom. The molecule has 0 bridgehead atoms. The molecule has 1 atom stereocenters. The predicted molar refractivity (Wildman–Crippen MR) is 128 cm³/mol. The SMILES string of the molecule is COCC(=O)N1CCN(C2CCC(c3ccccc3)CC2)C[C@@](O)(COc2cc(F)cc(F)c2)C1. The highest BCUT2D eigenvalue weighted by atomic mass is 19.1. The van der Waals surface area contributed by atoms with Crippen LogP contribution in [-0.4, -0.2) is 79.0 Å². The topological polar surface area (TPSA) is 62.2 Å². The van der Waals surface area contributed by atoms with Crippen LogP contribution in [0.5, 0.6) is 5.75 Å². The van der Waals surface area contributed by atoms with Crippen LogP contribution in [0.3, 0.4) is 0 Å². The lowest BCUT2D eigenvalue weighted by molar-refractivity contribution is -0.138. The van der Waals surface area contributed by atoms with Crippen LogP contribution in [0.1, 0.15) is 37.2 Å². The first-order chi connectivity index (χ1) is 16.8. The smallest absolute Gasteiger partial charge is 0.248 e. The first-order valence-corrected chi connectivity index (χ1v) is 12.2. The molecule has 4 rings (SSSR count). The Hall–Kier alpha value is -2.55. The number of aliphatic hydroxyl groups is 1. The number of hydrogen-bond acceptors (Lipinski definition) is 5. The Morgan fingerprint density at radius 3 is 2.37 bits per heavy atom. The van der Waals surface area contributed by atoms with Gasteiger partial charge in [-0.05, 0) is 37.2 Å². The fraction of sp³-hybridized carbons (Fsp3) is 0.519. The zero-order valence-corrected chi connectivity index (χ0v) is 20.2. The average Bonchev–Trinajstić information content (AvgIpc) is 3.03. The summed E-state index contributed by atoms with van der Waals surface area (Å²) in [5, 5.41) is 11.6. The van der Waals surface area contributed by atoms with Crippen LogP contribution < -0.4 is 4.74 Å². The van der Waals surface area contributed by atoms with Crippen molar-refractivity contribution in [1.29, 1.82) is 0 Å². The van der Waals surface area contributed by atoms with Gasteiger partial charge in [0.25, 0.3) is 0 Å². The maximum Gasteiger partial charge on any atom is 0.248 e. The van der Waals surface area contributed by atoms with Gasteiger partial charge in [0.1, 0.15) is 36.2 Å². The standard InChI is InChI=1S/C27H34F2N2O4/c1-34-16-26(32)31-12-11-30(24-9-7-21(8-10-24)20-5-3-2-4-6-20)17-27(33,18-31)19-35-25-14-22(28)13-23(29)15-25/h2-6,13-15,21,24,33H,7-12,16-19H2,1H3/t21?,24?,27-/m0/s1. The van der Waals surface area contributed by atoms with Crippen molar-refractivity contribution in [2.24, 2.45) is 0 Å². The molecular weight excluding hydrogens is 454 g/mol. The van der Waals surface area contributed by atoms with Crippen LogP contribution in [0.15, 0.2) is 48.5 Å². The quantitative estimate of drug-likeness (QED) is 0.646. The van der Waals surface area contributed by atoms with Gasteiger partial charge in [-0.3, -0.25) is 9.69 Å². The van der Waals surface area contributed by atoms with Gasteiger partial charge in [0, 0.05) is 51.0 Å². The fourth-order valence-electron chi connectivity index (χ4n) is 5.35. The number of β-amino-alcohol motifs (C(OH)–C–C–N with tert-alkyl or cyclic N) is 1. The van der Waals surface area contributed by atoms with Crippen LogP contribution in [0.25, 0.3) is 0 Å². The van der Waals surface area contributed by atoms with E-state index in [1.54, 1.807) is 4.90 Å². The molecule has 0 unspecified atom stereocenters. The third-order valence-corrected chi connectivity index (χ3v) is 7.09. The number of nitrogens with zero attached hydrogens (tertiary/aromatic N) is 2. The van der Waals surface area contributed by atoms with E-state index in [1.165, 1.54) is 12.7 Å². The van der Waals surface area contributed by atoms with E-state index in [4.69, 9.17) is 9.47 Å². The number of ether oxygens (including phenoxy) is 2. The predicted octanol–water partition coefficient (Wildman–Crippen LogP) is 3.59. The highest BCUT2D eigenvalue weighted by Gasteiger charge is 2.40. The van der Waals surface area contributed by atoms with Gasteiger partial charge in [-0.2, -0.15) is 0 Å². The maximum absolute atomic E-state index is 13.6. The van der Waals surface area contributed by atoms with Gasteiger partial charge in [0.15, 0.2) is 0 Å². The van der Waals surface area contributed by atoms with E-state index < -0.39 is 17.2 Å². The summed E-state index contributed by atoms with van der Waals surface area (Å²) in [4.78, 5) is 16.5. The van der Waals surface area contributed by atoms with E-state index in [9.17, 15) is 18.7 Å². The molecule has 1 aliphatic heterocycles. The summed E-state index contributed by atoms with van der Waals surface area (Å²) in [6, 6.07) is 13.8. The lowest BCUT2D eigenvalue weighted by Gasteiger charge is -2.39. The summed E-state index contributed by atoms with van der Waals surface area (Å²) in [5.74, 6) is -1.17. The number of benzene rings is 2. The molecule has 1 saturated carbocycles. The van der Waals surface area contributed by atoms with Crippen molar-refractivity contribution in [2.75, 3.05) is 46.5 Å². The minimum atomic E-state index is -1.40. The zero-order chi connectivity index (χ0) is 24.8. The molecule has 8 heteroatoms. The van der Waals surface area contributed by atoms with Crippen molar-refractivity contribution >= 4 is 5.91 Å². The Labute approximate surface area is 205 Å². The minimum Gasteiger partial charge on any atom is -0.490 e. The molecule has 1 amide bonds. The number of carbonyl (C=O) groups is 1. The summed E-state index contributed by atoms with van der Waals surface area (Å²) in [5.41, 5.74) is -0.0377. The summed E-state index contributed by atoms with van der Waals surface area (Å²) in [6.45, 7) is 1.20. The highest BCUT2D eigenvalue weighted by molar-refractivity contribution is 5.77. The first-order valence-electron chi connectivity index (χ1n) is 12.2. The second kappa shape index (κ2) is 11.5. The molecule has 1 saturated heterocycles. The van der Waals surface area contributed by atoms with Crippen LogP contribution >= 0.6 is 0 Å². The molecule has 1 N–H and O–H groups in total. The molecule has 190 valence electrons. The number of rotatable bonds is 7. The van der Waals surface area contributed by atoms with Gasteiger partial charge >= 0.3 is 0 Å². The number of methoxy groups -OCH3 is 1. The molecule has 0 aromatic heterocycles. The molecule has 2 aromatic carbocycles. The average molecular weight is 489 g/mol. The van der Waals surface area contributed by atoms with E-state index >= 15 is 0 Å². The maximum atomic E-state index is 13.6. The molecule has 2 aliphatic rings. The van der Waals surface area contributed by atoms with Gasteiger partial charge in [-0.1, -0.05) is 30.3 Å². The van der Waals surface area contributed by atoms with Crippen molar-refractivity contribution < 1.29 is 28.2 Å². The van der Waals surface area contributed by atoms with Crippen LogP contribution in [0, 0.1) is 11.6 Å². The lowest BCUT2D eigenvalue weighted by Crippen LogP contribution is -2.54. The van der Waals surface area contributed by atoms with Crippen molar-refractivity contribution in [3.63, 3.8) is 0 Å². The Kier molecular flexibility index (Phi) is 8.36. The minimum absolute atomic E-state index is 0.00450. The van der Waals surface area contributed by atoms with Crippen molar-refractivity contribution in [1.82, 2.24) is 9.80 Å². The molecule has 0 radical (unpaired) electrons. The van der Waals surface area contributed by atoms with Gasteiger partial charge < -0.3 is 19.5 Å². The van der Waals surface area contributed by atoms with E-state index in [-0.39, 0.29) is 37.5 Å². The van der Waals surface area contributed by atoms with Gasteiger partial charge in [-0.15, -0.1) is 0 Å². The highest BCUT2D eigenvalue weighted by Crippen LogP contribution is 2.35. The van der Waals surface area contributed by atoms with E-state index in [2.05, 4.69) is 29.2 Å². The largest absolute Gasteiger partial charge is 0.490 e. The van der Waals surface area contributed by atoms with E-state index in [1.807, 2.05) is 6.07 Å². The summed E-state index contributed by atoms with van der Waals surface area (Å²) in [6.07, 6.45) is 4.12. The van der Waals surface area contributed by atoms with Crippen molar-refractivity contribution in [3.8, 4) is 5.75 Å². The fourth-order valence-corrected chi connectivity index (χ4v) is 5.35. The van der Waals surface area contributed by atoms with Crippen LogP contribution in [-0.2, 0) is 9.53 Å². The second-order valence-corrected chi connectivity index (χ2v) is 9.75. The summed E-state index contributed by atoms with van der Waals surface area (Å²) < 4.78 is 37.9. The molecule has 2 fully saturated rings. The summed E-state index contributed by atoms with van der Waals surface area (Å²) in [7, 11) is 1.46. The molecular formula is C27H34F2N2O4. The van der Waals surface area contributed by atoms with E-state index in [0.717, 1.165) is 43.9 Å². The Bertz CT molecular complexity index is 964. The van der Waals surface area contributed by atoms with Gasteiger partial charge in [-0.25, -0.2) is 8.78 Å². The molecule has 6 nitrogen and oxygen atoms in total. The number of amides is 1. The lowest BCUT2D eigenvalue weighted by atomic mass is 9.81. The van der Waals surface area contributed by atoms with Crippen LogP contribution in [0.4, 0.5) is 8.78 Å². The number of halogens is 2. The van der Waals surface area contributed by atoms with Crippen LogP contribution in [0.2, 0.25) is 0 Å². The monoisotopic (exact) mass is 488 g/mol. The molecule has 2 aromatic rings. The first kappa shape index (κ1) is 25.5. The van der Waals surface area contributed by atoms with Crippen molar-refractivity contribution in [3.05, 3.63) is 65.7 Å². The Morgan fingerprint density at radius 1 is 1.03 bits per heavy atom. The third-order valence-electron chi connectivity index (χ3n) is 7.09. The summed E-state index contributed by atoms with van der Waals surface area (Å²) >= 11 is 0. The number of hydrogen-bond donors (Lipinski definition) is 1. The van der Waals surface area contributed by atoms with E-state index in [0.29, 0.717) is 25.6 Å². The second-order valence-electron chi connectivity index (χ2n) is 9.75. The Balaban J connectivity index is 1.45. The van der Waals surface area contributed by atoms with Gasteiger partial charge in [0.05, 0.1) is 6.54 Å². The molecule has 0 spiro atoms. The van der Waals surface area contributed by atoms with Crippen molar-refractivity contribution in [2.45, 2.75) is 43.2 Å².